The average Bonchev–Trinajstić information content (AvgIpc) is 2.35. The van der Waals surface area contributed by atoms with E-state index in [-0.39, 0.29) is 17.3 Å². The molecule has 0 saturated carbocycles. The predicted molar refractivity (Wildman–Crippen MR) is 72.9 cm³/mol. The summed E-state index contributed by atoms with van der Waals surface area (Å²) in [7, 11) is 0. The second-order valence-corrected chi connectivity index (χ2v) is 5.97. The molecule has 0 aromatic carbocycles. The maximum atomic E-state index is 10.8. The van der Waals surface area contributed by atoms with Crippen LogP contribution in [0.3, 0.4) is 0 Å². The Balaban J connectivity index is 4.21. The minimum Gasteiger partial charge on any atom is -0.481 e. The molecule has 0 saturated heterocycles. The van der Waals surface area contributed by atoms with E-state index in [4.69, 9.17) is 20.6 Å². The minimum atomic E-state index is -1.25. The zero-order chi connectivity index (χ0) is 15.7. The molecule has 0 radical (unpaired) electrons. The van der Waals surface area contributed by atoms with Gasteiger partial charge in [0.15, 0.2) is 11.0 Å². The number of thioether (sulfide) groups is 2. The Morgan fingerprint density at radius 2 is 1.60 bits per heavy atom. The fourth-order valence-corrected chi connectivity index (χ4v) is 3.15. The van der Waals surface area contributed by atoms with Gasteiger partial charge in [0, 0.05) is 11.5 Å². The van der Waals surface area contributed by atoms with Crippen LogP contribution < -0.4 is 0 Å². The molecule has 0 heterocycles. The van der Waals surface area contributed by atoms with Crippen molar-refractivity contribution in [3.8, 4) is 0 Å². The number of carboxylic acid groups (broad SMARTS) is 3. The van der Waals surface area contributed by atoms with Crippen LogP contribution in [0.2, 0.25) is 0 Å². The van der Waals surface area contributed by atoms with Crippen molar-refractivity contribution in [3.05, 3.63) is 12.3 Å². The van der Waals surface area contributed by atoms with Gasteiger partial charge in [0.05, 0.1) is 6.42 Å². The van der Waals surface area contributed by atoms with Crippen LogP contribution in [0.1, 0.15) is 6.42 Å². The Bertz CT molecular complexity index is 383. The van der Waals surface area contributed by atoms with Gasteiger partial charge in [-0.05, 0) is 0 Å². The highest BCUT2D eigenvalue weighted by atomic mass is 32.2. The first kappa shape index (κ1) is 18.6. The van der Waals surface area contributed by atoms with Crippen molar-refractivity contribution in [3.63, 3.8) is 0 Å². The number of rotatable bonds is 11. The van der Waals surface area contributed by atoms with Crippen LogP contribution in [0.4, 0.5) is 0 Å². The summed E-state index contributed by atoms with van der Waals surface area (Å²) < 4.78 is 0. The lowest BCUT2D eigenvalue weighted by molar-refractivity contribution is -0.205. The summed E-state index contributed by atoms with van der Waals surface area (Å²) in [4.78, 5) is 35.8. The van der Waals surface area contributed by atoms with Crippen molar-refractivity contribution >= 4 is 41.4 Å². The van der Waals surface area contributed by atoms with Crippen LogP contribution in [-0.2, 0) is 19.3 Å². The lowest BCUT2D eigenvalue weighted by Crippen LogP contribution is -2.22. The largest absolute Gasteiger partial charge is 0.481 e. The van der Waals surface area contributed by atoms with Crippen LogP contribution in [-0.4, -0.2) is 60.5 Å². The molecule has 0 amide bonds. The van der Waals surface area contributed by atoms with Crippen molar-refractivity contribution in [1.29, 1.82) is 0 Å². The van der Waals surface area contributed by atoms with Gasteiger partial charge in [-0.2, -0.15) is 0 Å². The van der Waals surface area contributed by atoms with Crippen molar-refractivity contribution in [2.75, 3.05) is 11.5 Å². The molecule has 0 rings (SSSR count). The van der Waals surface area contributed by atoms with Crippen LogP contribution in [0.5, 0.6) is 0 Å². The van der Waals surface area contributed by atoms with Crippen molar-refractivity contribution < 1.29 is 39.8 Å². The molecular formula is C10H14O8S2. The molecule has 0 spiro atoms. The van der Waals surface area contributed by atoms with Crippen molar-refractivity contribution in [1.82, 2.24) is 0 Å². The van der Waals surface area contributed by atoms with E-state index in [1.807, 2.05) is 0 Å². The van der Waals surface area contributed by atoms with E-state index >= 15 is 0 Å². The first-order valence-electron chi connectivity index (χ1n) is 5.20. The molecule has 0 aliphatic heterocycles. The fraction of sp³-hybridized carbons (Fsp3) is 0.500. The maximum Gasteiger partial charge on any atom is 0.324 e. The Labute approximate surface area is 122 Å². The molecule has 0 aliphatic carbocycles. The van der Waals surface area contributed by atoms with Gasteiger partial charge in [-0.25, -0.2) is 5.26 Å². The third-order valence-electron chi connectivity index (χ3n) is 1.96. The van der Waals surface area contributed by atoms with Gasteiger partial charge < -0.3 is 20.2 Å². The third-order valence-corrected chi connectivity index (χ3v) is 4.66. The first-order valence-corrected chi connectivity index (χ1v) is 7.30. The summed E-state index contributed by atoms with van der Waals surface area (Å²) in [6.07, 6.45) is -0.514. The number of hydrogen-bond donors (Lipinski definition) is 4. The summed E-state index contributed by atoms with van der Waals surface area (Å²) >= 11 is 1.79. The van der Waals surface area contributed by atoms with E-state index in [9.17, 15) is 14.4 Å². The van der Waals surface area contributed by atoms with E-state index in [0.29, 0.717) is 0 Å². The van der Waals surface area contributed by atoms with E-state index in [1.54, 1.807) is 0 Å². The molecule has 0 bridgehead atoms. The number of aliphatic carboxylic acids is 3. The third kappa shape index (κ3) is 7.26. The van der Waals surface area contributed by atoms with Gasteiger partial charge >= 0.3 is 17.9 Å². The standard InChI is InChI=1S/C10H14O8S2/c1-5(18-17)8(10(15)16)20-3-2-19-6(9(13)14)4-7(11)12/h6,8,17H,1-4H2,(H,11,12)(H,13,14)(H,15,16). The molecule has 2 unspecified atom stereocenters. The molecule has 0 fully saturated rings. The average molecular weight is 326 g/mol. The zero-order valence-electron chi connectivity index (χ0n) is 10.2. The SMILES string of the molecule is C=C(OO)C(SCCSC(CC(=O)O)C(=O)O)C(=O)O. The molecule has 4 N–H and O–H groups in total. The minimum absolute atomic E-state index is 0.230. The Hall–Kier alpha value is -1.39. The summed E-state index contributed by atoms with van der Waals surface area (Å²) in [5, 5.41) is 32.3. The zero-order valence-corrected chi connectivity index (χ0v) is 11.9. The molecule has 2 atom stereocenters. The highest BCUT2D eigenvalue weighted by Gasteiger charge is 2.25. The molecule has 10 heteroatoms. The van der Waals surface area contributed by atoms with E-state index < -0.39 is 34.8 Å². The van der Waals surface area contributed by atoms with Gasteiger partial charge in [-0.1, -0.05) is 6.58 Å². The fourth-order valence-electron chi connectivity index (χ4n) is 1.08. The lowest BCUT2D eigenvalue weighted by Gasteiger charge is -2.13. The van der Waals surface area contributed by atoms with Gasteiger partial charge in [-0.15, -0.1) is 23.5 Å². The predicted octanol–water partition coefficient (Wildman–Crippen LogP) is 0.837. The molecule has 20 heavy (non-hydrogen) atoms. The van der Waals surface area contributed by atoms with Crippen molar-refractivity contribution in [2.45, 2.75) is 16.9 Å². The molecule has 8 nitrogen and oxygen atoms in total. The molecule has 0 aromatic rings. The summed E-state index contributed by atoms with van der Waals surface area (Å²) in [5.41, 5.74) is 0. The topological polar surface area (TPSA) is 141 Å². The van der Waals surface area contributed by atoms with Gasteiger partial charge in [0.1, 0.15) is 5.25 Å². The Morgan fingerprint density at radius 3 is 2.00 bits per heavy atom. The van der Waals surface area contributed by atoms with Crippen molar-refractivity contribution in [2.24, 2.45) is 0 Å². The van der Waals surface area contributed by atoms with E-state index in [0.717, 1.165) is 23.5 Å². The Morgan fingerprint density at radius 1 is 1.05 bits per heavy atom. The molecule has 114 valence electrons. The van der Waals surface area contributed by atoms with Gasteiger partial charge in [-0.3, -0.25) is 14.4 Å². The normalized spacial score (nSPS) is 13.2. The smallest absolute Gasteiger partial charge is 0.324 e. The van der Waals surface area contributed by atoms with Gasteiger partial charge in [0.25, 0.3) is 0 Å². The summed E-state index contributed by atoms with van der Waals surface area (Å²) in [6.45, 7) is 3.22. The first-order chi connectivity index (χ1) is 9.29. The number of hydrogen-bond acceptors (Lipinski definition) is 7. The Kier molecular flexibility index (Phi) is 8.84. The van der Waals surface area contributed by atoms with Crippen LogP contribution in [0, 0.1) is 0 Å². The van der Waals surface area contributed by atoms with E-state index in [1.165, 1.54) is 0 Å². The quantitative estimate of drug-likeness (QED) is 0.187. The second-order valence-electron chi connectivity index (χ2n) is 3.44. The lowest BCUT2D eigenvalue weighted by atomic mass is 10.3. The number of carboxylic acids is 3. The van der Waals surface area contributed by atoms with E-state index in [2.05, 4.69) is 11.5 Å². The highest BCUT2D eigenvalue weighted by Crippen LogP contribution is 2.22. The monoisotopic (exact) mass is 326 g/mol. The molecular weight excluding hydrogens is 312 g/mol. The highest BCUT2D eigenvalue weighted by molar-refractivity contribution is 8.04. The van der Waals surface area contributed by atoms with Crippen LogP contribution in [0.25, 0.3) is 0 Å². The van der Waals surface area contributed by atoms with Crippen LogP contribution >= 0.6 is 23.5 Å². The number of carbonyl (C=O) groups is 3. The molecule has 0 aliphatic rings. The maximum absolute atomic E-state index is 10.8. The second kappa shape index (κ2) is 9.50. The van der Waals surface area contributed by atoms with Crippen LogP contribution in [0.15, 0.2) is 12.3 Å². The van der Waals surface area contributed by atoms with Gasteiger partial charge in [0.2, 0.25) is 0 Å². The summed E-state index contributed by atoms with van der Waals surface area (Å²) in [6, 6.07) is 0. The molecule has 0 aromatic heterocycles. The summed E-state index contributed by atoms with van der Waals surface area (Å²) in [5.74, 6) is -3.58.